The van der Waals surface area contributed by atoms with Crippen LogP contribution in [0.5, 0.6) is 0 Å². The molecule has 1 aliphatic rings. The maximum absolute atomic E-state index is 12.2. The summed E-state index contributed by atoms with van der Waals surface area (Å²) in [6.45, 7) is 3.25. The van der Waals surface area contributed by atoms with Gasteiger partial charge in [0.1, 0.15) is 0 Å². The minimum Gasteiger partial charge on any atom is -0.340 e. The summed E-state index contributed by atoms with van der Waals surface area (Å²) >= 11 is 0. The number of rotatable bonds is 3. The van der Waals surface area contributed by atoms with E-state index in [9.17, 15) is 14.4 Å². The van der Waals surface area contributed by atoms with E-state index < -0.39 is 11.2 Å². The van der Waals surface area contributed by atoms with Crippen LogP contribution in [0.2, 0.25) is 0 Å². The van der Waals surface area contributed by atoms with E-state index >= 15 is 0 Å². The van der Waals surface area contributed by atoms with Crippen molar-refractivity contribution in [2.75, 3.05) is 26.2 Å². The summed E-state index contributed by atoms with van der Waals surface area (Å²) in [5.41, 5.74) is -0.313. The van der Waals surface area contributed by atoms with Crippen LogP contribution in [0, 0.1) is 0 Å². The number of carbonyl (C=O) groups is 1. The molecule has 1 fully saturated rings. The van der Waals surface area contributed by atoms with Crippen molar-refractivity contribution >= 4 is 29.2 Å². The van der Waals surface area contributed by atoms with Crippen molar-refractivity contribution in [1.29, 1.82) is 0 Å². The van der Waals surface area contributed by atoms with Gasteiger partial charge in [-0.1, -0.05) is 12.1 Å². The highest BCUT2D eigenvalue weighted by molar-refractivity contribution is 5.85. The number of benzene rings is 1. The predicted octanol–water partition coefficient (Wildman–Crippen LogP) is -0.0665. The monoisotopic (exact) mass is 338 g/mol. The SMILES string of the molecule is Cl.O=C(CCn1c(=O)[nH]c(=O)c2ccccc21)N1CCNCC1. The molecule has 0 atom stereocenters. The molecule has 1 aromatic carbocycles. The Bertz CT molecular complexity index is 808. The largest absolute Gasteiger partial charge is 0.340 e. The summed E-state index contributed by atoms with van der Waals surface area (Å²) in [6.07, 6.45) is 0.246. The third-order valence-corrected chi connectivity index (χ3v) is 3.92. The number of aromatic nitrogens is 2. The van der Waals surface area contributed by atoms with Crippen LogP contribution in [-0.2, 0) is 11.3 Å². The molecule has 124 valence electrons. The molecule has 1 saturated heterocycles. The number of aryl methyl sites for hydroxylation is 1. The topological polar surface area (TPSA) is 87.2 Å². The lowest BCUT2D eigenvalue weighted by molar-refractivity contribution is -0.131. The number of hydrogen-bond acceptors (Lipinski definition) is 4. The van der Waals surface area contributed by atoms with Crippen LogP contribution in [0.3, 0.4) is 0 Å². The van der Waals surface area contributed by atoms with Gasteiger partial charge in [-0.3, -0.25) is 19.1 Å². The van der Waals surface area contributed by atoms with Gasteiger partial charge in [-0.05, 0) is 12.1 Å². The smallest absolute Gasteiger partial charge is 0.328 e. The van der Waals surface area contributed by atoms with Crippen LogP contribution in [0.15, 0.2) is 33.9 Å². The van der Waals surface area contributed by atoms with Gasteiger partial charge in [0.15, 0.2) is 0 Å². The number of hydrogen-bond donors (Lipinski definition) is 2. The quantitative estimate of drug-likeness (QED) is 0.820. The Morgan fingerprint density at radius 1 is 1.13 bits per heavy atom. The number of piperazine rings is 1. The molecule has 2 heterocycles. The summed E-state index contributed by atoms with van der Waals surface area (Å²) in [7, 11) is 0. The molecule has 0 bridgehead atoms. The minimum atomic E-state index is -0.475. The molecule has 7 nitrogen and oxygen atoms in total. The van der Waals surface area contributed by atoms with E-state index in [1.807, 2.05) is 0 Å². The second-order valence-electron chi connectivity index (χ2n) is 5.31. The Balaban J connectivity index is 0.00000192. The van der Waals surface area contributed by atoms with Gasteiger partial charge >= 0.3 is 5.69 Å². The number of carbonyl (C=O) groups excluding carboxylic acids is 1. The van der Waals surface area contributed by atoms with Crippen molar-refractivity contribution in [3.8, 4) is 0 Å². The molecule has 23 heavy (non-hydrogen) atoms. The fraction of sp³-hybridized carbons (Fsp3) is 0.400. The van der Waals surface area contributed by atoms with Gasteiger partial charge in [0.2, 0.25) is 5.91 Å². The molecule has 1 aliphatic heterocycles. The standard InChI is InChI=1S/C15H18N4O3.ClH/c20-13(18-9-6-16-7-10-18)5-8-19-12-4-2-1-3-11(12)14(21)17-15(19)22;/h1-4,16H,5-10H2,(H,17,21,22);1H. The van der Waals surface area contributed by atoms with Crippen molar-refractivity contribution < 1.29 is 4.79 Å². The Morgan fingerprint density at radius 3 is 2.57 bits per heavy atom. The first-order valence-electron chi connectivity index (χ1n) is 7.37. The number of nitrogens with zero attached hydrogens (tertiary/aromatic N) is 2. The van der Waals surface area contributed by atoms with Crippen LogP contribution >= 0.6 is 12.4 Å². The molecule has 0 radical (unpaired) electrons. The zero-order valence-corrected chi connectivity index (χ0v) is 13.4. The molecule has 0 aliphatic carbocycles. The van der Waals surface area contributed by atoms with Crippen molar-refractivity contribution in [1.82, 2.24) is 19.8 Å². The van der Waals surface area contributed by atoms with Gasteiger partial charge in [0, 0.05) is 39.1 Å². The maximum Gasteiger partial charge on any atom is 0.328 e. The number of H-pyrrole nitrogens is 1. The number of amides is 1. The number of halogens is 1. The molecule has 3 rings (SSSR count). The van der Waals surface area contributed by atoms with Crippen LogP contribution < -0.4 is 16.6 Å². The van der Waals surface area contributed by atoms with E-state index in [0.29, 0.717) is 24.0 Å². The molecule has 0 unspecified atom stereocenters. The second-order valence-corrected chi connectivity index (χ2v) is 5.31. The zero-order chi connectivity index (χ0) is 15.5. The van der Waals surface area contributed by atoms with Crippen LogP contribution in [0.4, 0.5) is 0 Å². The highest BCUT2D eigenvalue weighted by atomic mass is 35.5. The van der Waals surface area contributed by atoms with E-state index in [4.69, 9.17) is 0 Å². The first-order valence-corrected chi connectivity index (χ1v) is 7.37. The first-order chi connectivity index (χ1) is 10.7. The van der Waals surface area contributed by atoms with E-state index in [1.165, 1.54) is 4.57 Å². The Morgan fingerprint density at radius 2 is 1.83 bits per heavy atom. The third kappa shape index (κ3) is 3.62. The zero-order valence-electron chi connectivity index (χ0n) is 12.6. The Kier molecular flexibility index (Phi) is 5.57. The lowest BCUT2D eigenvalue weighted by Crippen LogP contribution is -2.46. The van der Waals surface area contributed by atoms with Gasteiger partial charge in [0.25, 0.3) is 5.56 Å². The Labute approximate surface area is 138 Å². The number of fused-ring (bicyclic) bond motifs is 1. The van der Waals surface area contributed by atoms with Gasteiger partial charge < -0.3 is 10.2 Å². The van der Waals surface area contributed by atoms with E-state index in [-0.39, 0.29) is 31.3 Å². The number of aromatic amines is 1. The molecular weight excluding hydrogens is 320 g/mol. The summed E-state index contributed by atoms with van der Waals surface area (Å²) in [6, 6.07) is 6.91. The summed E-state index contributed by atoms with van der Waals surface area (Å²) in [5.74, 6) is 0.0312. The summed E-state index contributed by atoms with van der Waals surface area (Å²) < 4.78 is 1.46. The first kappa shape index (κ1) is 17.2. The average molecular weight is 339 g/mol. The summed E-state index contributed by atoms with van der Waals surface area (Å²) in [5, 5.41) is 3.65. The minimum absolute atomic E-state index is 0. The normalized spacial score (nSPS) is 14.5. The molecule has 0 saturated carbocycles. The van der Waals surface area contributed by atoms with Gasteiger partial charge in [-0.2, -0.15) is 0 Å². The van der Waals surface area contributed by atoms with Crippen LogP contribution in [0.25, 0.3) is 10.9 Å². The molecule has 0 spiro atoms. The second kappa shape index (κ2) is 7.43. The highest BCUT2D eigenvalue weighted by Gasteiger charge is 2.16. The third-order valence-electron chi connectivity index (χ3n) is 3.92. The predicted molar refractivity (Wildman–Crippen MR) is 90.1 cm³/mol. The molecule has 2 aromatic rings. The van der Waals surface area contributed by atoms with Gasteiger partial charge in [0.05, 0.1) is 10.9 Å². The highest BCUT2D eigenvalue weighted by Crippen LogP contribution is 2.08. The van der Waals surface area contributed by atoms with Gasteiger partial charge in [-0.15, -0.1) is 12.4 Å². The van der Waals surface area contributed by atoms with Crippen molar-refractivity contribution in [3.05, 3.63) is 45.1 Å². The molecular formula is C15H19ClN4O3. The molecule has 1 aromatic heterocycles. The fourth-order valence-corrected chi connectivity index (χ4v) is 2.74. The maximum atomic E-state index is 12.2. The molecule has 2 N–H and O–H groups in total. The van der Waals surface area contributed by atoms with Crippen molar-refractivity contribution in [2.24, 2.45) is 0 Å². The lowest BCUT2D eigenvalue weighted by Gasteiger charge is -2.27. The van der Waals surface area contributed by atoms with Crippen molar-refractivity contribution in [2.45, 2.75) is 13.0 Å². The molecule has 8 heteroatoms. The van der Waals surface area contributed by atoms with Gasteiger partial charge in [-0.25, -0.2) is 4.79 Å². The molecule has 1 amide bonds. The van der Waals surface area contributed by atoms with Crippen LogP contribution in [0.1, 0.15) is 6.42 Å². The van der Waals surface area contributed by atoms with E-state index in [0.717, 1.165) is 13.1 Å². The van der Waals surface area contributed by atoms with E-state index in [2.05, 4.69) is 10.3 Å². The number of nitrogens with one attached hydrogen (secondary N) is 2. The number of para-hydroxylation sites is 1. The van der Waals surface area contributed by atoms with Crippen molar-refractivity contribution in [3.63, 3.8) is 0 Å². The fourth-order valence-electron chi connectivity index (χ4n) is 2.74. The lowest BCUT2D eigenvalue weighted by atomic mass is 10.2. The average Bonchev–Trinajstić information content (AvgIpc) is 2.55. The Hall–Kier alpha value is -2.12. The summed E-state index contributed by atoms with van der Waals surface area (Å²) in [4.78, 5) is 40.1. The van der Waals surface area contributed by atoms with Crippen LogP contribution in [-0.4, -0.2) is 46.5 Å². The van der Waals surface area contributed by atoms with E-state index in [1.54, 1.807) is 29.2 Å².